The summed E-state index contributed by atoms with van der Waals surface area (Å²) in [5, 5.41) is 8.44. The second kappa shape index (κ2) is 8.56. The van der Waals surface area contributed by atoms with Gasteiger partial charge in [0.05, 0.1) is 10.4 Å². The van der Waals surface area contributed by atoms with Crippen molar-refractivity contribution in [1.29, 1.82) is 0 Å². The predicted octanol–water partition coefficient (Wildman–Crippen LogP) is 3.68. The fourth-order valence-corrected chi connectivity index (χ4v) is 4.82. The van der Waals surface area contributed by atoms with Crippen molar-refractivity contribution in [2.24, 2.45) is 0 Å². The van der Waals surface area contributed by atoms with Crippen LogP contribution in [0.3, 0.4) is 0 Å². The van der Waals surface area contributed by atoms with Gasteiger partial charge in [-0.05, 0) is 42.3 Å². The van der Waals surface area contributed by atoms with E-state index in [1.807, 2.05) is 23.1 Å². The number of rotatable bonds is 5. The lowest BCUT2D eigenvalue weighted by Crippen LogP contribution is -2.46. The van der Waals surface area contributed by atoms with Crippen LogP contribution in [0, 0.1) is 5.82 Å². The SMILES string of the molecule is O=C(c1cc2c(ccc3cnc(NCCc4ccc(F)cc4)nc32)s1)N1CCNCC1. The van der Waals surface area contributed by atoms with E-state index in [0.29, 0.717) is 12.5 Å². The van der Waals surface area contributed by atoms with E-state index in [2.05, 4.69) is 15.6 Å². The summed E-state index contributed by atoms with van der Waals surface area (Å²) in [6, 6.07) is 12.5. The number of aromatic nitrogens is 2. The Labute approximate surface area is 183 Å². The van der Waals surface area contributed by atoms with Crippen molar-refractivity contribution in [3.8, 4) is 0 Å². The zero-order valence-electron chi connectivity index (χ0n) is 16.9. The first kappa shape index (κ1) is 19.8. The van der Waals surface area contributed by atoms with Gasteiger partial charge in [-0.3, -0.25) is 4.79 Å². The van der Waals surface area contributed by atoms with Gasteiger partial charge >= 0.3 is 0 Å². The number of hydrogen-bond donors (Lipinski definition) is 2. The fraction of sp³-hybridized carbons (Fsp3) is 0.261. The molecule has 6 nitrogen and oxygen atoms in total. The predicted molar refractivity (Wildman–Crippen MR) is 122 cm³/mol. The third-order valence-corrected chi connectivity index (χ3v) is 6.56. The number of fused-ring (bicyclic) bond motifs is 3. The summed E-state index contributed by atoms with van der Waals surface area (Å²) < 4.78 is 14.1. The van der Waals surface area contributed by atoms with Gasteiger partial charge < -0.3 is 15.5 Å². The molecule has 0 radical (unpaired) electrons. The second-order valence-corrected chi connectivity index (χ2v) is 8.65. The summed E-state index contributed by atoms with van der Waals surface area (Å²) in [6.07, 6.45) is 2.55. The Bertz CT molecular complexity index is 1230. The largest absolute Gasteiger partial charge is 0.354 e. The average molecular weight is 436 g/mol. The molecule has 158 valence electrons. The lowest BCUT2D eigenvalue weighted by Gasteiger charge is -2.26. The van der Waals surface area contributed by atoms with Crippen LogP contribution in [0.2, 0.25) is 0 Å². The fourth-order valence-electron chi connectivity index (χ4n) is 3.79. The second-order valence-electron chi connectivity index (χ2n) is 7.56. The summed E-state index contributed by atoms with van der Waals surface area (Å²) in [5.41, 5.74) is 1.89. The maximum absolute atomic E-state index is 13.0. The number of thiophene rings is 1. The Morgan fingerprint density at radius 3 is 2.77 bits per heavy atom. The maximum atomic E-state index is 13.0. The number of hydrogen-bond acceptors (Lipinski definition) is 6. The molecule has 2 aromatic heterocycles. The average Bonchev–Trinajstić information content (AvgIpc) is 3.25. The molecule has 0 atom stereocenters. The maximum Gasteiger partial charge on any atom is 0.264 e. The monoisotopic (exact) mass is 435 g/mol. The van der Waals surface area contributed by atoms with Crippen molar-refractivity contribution in [3.05, 3.63) is 64.9 Å². The van der Waals surface area contributed by atoms with Crippen molar-refractivity contribution < 1.29 is 9.18 Å². The number of piperazine rings is 1. The quantitative estimate of drug-likeness (QED) is 0.500. The van der Waals surface area contributed by atoms with Crippen LogP contribution in [-0.4, -0.2) is 53.5 Å². The highest BCUT2D eigenvalue weighted by Crippen LogP contribution is 2.32. The summed E-state index contributed by atoms with van der Waals surface area (Å²) >= 11 is 1.51. The van der Waals surface area contributed by atoms with Crippen LogP contribution in [0.5, 0.6) is 0 Å². The van der Waals surface area contributed by atoms with Crippen molar-refractivity contribution >= 4 is 44.2 Å². The van der Waals surface area contributed by atoms with Crippen molar-refractivity contribution in [2.75, 3.05) is 38.0 Å². The minimum atomic E-state index is -0.232. The number of carbonyl (C=O) groups excluding carboxylic acids is 1. The number of nitrogens with zero attached hydrogens (tertiary/aromatic N) is 3. The third kappa shape index (κ3) is 4.22. The van der Waals surface area contributed by atoms with Crippen molar-refractivity contribution in [2.45, 2.75) is 6.42 Å². The van der Waals surface area contributed by atoms with Crippen LogP contribution in [-0.2, 0) is 6.42 Å². The van der Waals surface area contributed by atoms with Gasteiger partial charge in [-0.2, -0.15) is 0 Å². The molecular formula is C23H22FN5OS. The molecule has 1 aliphatic rings. The minimum Gasteiger partial charge on any atom is -0.354 e. The van der Waals surface area contributed by atoms with Gasteiger partial charge in [0.2, 0.25) is 5.95 Å². The first-order valence-electron chi connectivity index (χ1n) is 10.3. The summed E-state index contributed by atoms with van der Waals surface area (Å²) in [6.45, 7) is 3.78. The molecule has 1 saturated heterocycles. The third-order valence-electron chi connectivity index (χ3n) is 5.47. The zero-order valence-corrected chi connectivity index (χ0v) is 17.7. The lowest BCUT2D eigenvalue weighted by molar-refractivity contribution is 0.0741. The zero-order chi connectivity index (χ0) is 21.2. The van der Waals surface area contributed by atoms with E-state index in [0.717, 1.165) is 64.0 Å². The molecule has 1 amide bonds. The summed E-state index contributed by atoms with van der Waals surface area (Å²) in [7, 11) is 0. The Balaban J connectivity index is 1.37. The number of amides is 1. The molecule has 0 unspecified atom stereocenters. The Hall–Kier alpha value is -3.10. The molecule has 2 aromatic carbocycles. The molecule has 5 rings (SSSR count). The Morgan fingerprint density at radius 1 is 1.16 bits per heavy atom. The van der Waals surface area contributed by atoms with Gasteiger partial charge in [0, 0.05) is 54.4 Å². The molecular weight excluding hydrogens is 413 g/mol. The van der Waals surface area contributed by atoms with E-state index in [4.69, 9.17) is 4.98 Å². The van der Waals surface area contributed by atoms with Gasteiger partial charge in [-0.15, -0.1) is 11.3 Å². The van der Waals surface area contributed by atoms with E-state index in [1.165, 1.54) is 23.5 Å². The van der Waals surface area contributed by atoms with Gasteiger partial charge in [-0.1, -0.05) is 12.1 Å². The van der Waals surface area contributed by atoms with Crippen LogP contribution < -0.4 is 10.6 Å². The van der Waals surface area contributed by atoms with Crippen molar-refractivity contribution in [3.63, 3.8) is 0 Å². The standard InChI is InChI=1S/C23H22FN5OS/c24-17-4-1-15(2-5-17)7-8-26-23-27-14-16-3-6-19-18(21(16)28-23)13-20(31-19)22(30)29-11-9-25-10-12-29/h1-6,13-14,25H,7-12H2,(H,26,27,28). The first-order chi connectivity index (χ1) is 15.2. The first-order valence-corrected chi connectivity index (χ1v) is 11.2. The molecule has 0 spiro atoms. The van der Waals surface area contributed by atoms with E-state index in [9.17, 15) is 9.18 Å². The number of carbonyl (C=O) groups is 1. The lowest BCUT2D eigenvalue weighted by atomic mass is 10.1. The number of halogens is 1. The molecule has 0 bridgehead atoms. The molecule has 1 aliphatic heterocycles. The molecule has 4 aromatic rings. The highest BCUT2D eigenvalue weighted by atomic mass is 32.1. The van der Waals surface area contributed by atoms with Crippen LogP contribution in [0.4, 0.5) is 10.3 Å². The highest BCUT2D eigenvalue weighted by Gasteiger charge is 2.20. The molecule has 0 aliphatic carbocycles. The number of anilines is 1. The Kier molecular flexibility index (Phi) is 5.48. The summed E-state index contributed by atoms with van der Waals surface area (Å²) in [4.78, 5) is 24.7. The van der Waals surface area contributed by atoms with Gasteiger partial charge in [0.1, 0.15) is 5.82 Å². The molecule has 3 heterocycles. The topological polar surface area (TPSA) is 70.2 Å². The molecule has 31 heavy (non-hydrogen) atoms. The number of nitrogens with one attached hydrogen (secondary N) is 2. The van der Waals surface area contributed by atoms with Crippen LogP contribution in [0.25, 0.3) is 21.0 Å². The molecule has 0 saturated carbocycles. The van der Waals surface area contributed by atoms with E-state index in [1.54, 1.807) is 18.3 Å². The number of benzene rings is 2. The Morgan fingerprint density at radius 2 is 1.97 bits per heavy atom. The highest BCUT2D eigenvalue weighted by molar-refractivity contribution is 7.21. The van der Waals surface area contributed by atoms with Gasteiger partial charge in [0.25, 0.3) is 5.91 Å². The van der Waals surface area contributed by atoms with Crippen LogP contribution in [0.1, 0.15) is 15.2 Å². The minimum absolute atomic E-state index is 0.0857. The smallest absolute Gasteiger partial charge is 0.264 e. The van der Waals surface area contributed by atoms with E-state index >= 15 is 0 Å². The molecule has 2 N–H and O–H groups in total. The van der Waals surface area contributed by atoms with E-state index < -0.39 is 0 Å². The van der Waals surface area contributed by atoms with Crippen LogP contribution >= 0.6 is 11.3 Å². The van der Waals surface area contributed by atoms with Crippen molar-refractivity contribution in [1.82, 2.24) is 20.2 Å². The summed E-state index contributed by atoms with van der Waals surface area (Å²) in [5.74, 6) is 0.398. The van der Waals surface area contributed by atoms with Crippen LogP contribution in [0.15, 0.2) is 48.7 Å². The van der Waals surface area contributed by atoms with Gasteiger partial charge in [0.15, 0.2) is 0 Å². The normalized spacial score (nSPS) is 14.3. The van der Waals surface area contributed by atoms with Gasteiger partial charge in [-0.25, -0.2) is 14.4 Å². The molecule has 8 heteroatoms. The molecule has 1 fully saturated rings. The van der Waals surface area contributed by atoms with E-state index in [-0.39, 0.29) is 11.7 Å².